The number of alkyl halides is 6. The van der Waals surface area contributed by atoms with Gasteiger partial charge in [0.2, 0.25) is 0 Å². The maximum Gasteiger partial charge on any atom is 0.411 e. The summed E-state index contributed by atoms with van der Waals surface area (Å²) < 4.78 is 83.2. The van der Waals surface area contributed by atoms with Crippen molar-refractivity contribution < 1.29 is 35.9 Å². The number of ether oxygens (including phenoxy) is 1. The molecular formula is C23H25F6NO2. The standard InChI is InChI=1S/C23H25F6NO2/c1-16-5-7-17(8-6-16)20(31)15-21(30,23(27,28)29)18-9-11-19(12-10-18)32-14-4-2-3-13-22(24,25)26/h5-12H,2-4,13-15,30H2,1H3. The maximum absolute atomic E-state index is 13.8. The van der Waals surface area contributed by atoms with E-state index in [4.69, 9.17) is 10.5 Å². The number of halogens is 6. The van der Waals surface area contributed by atoms with Gasteiger partial charge in [-0.2, -0.15) is 26.3 Å². The van der Waals surface area contributed by atoms with Gasteiger partial charge in [-0.05, 0) is 43.9 Å². The van der Waals surface area contributed by atoms with Gasteiger partial charge in [-0.1, -0.05) is 42.0 Å². The molecule has 0 saturated carbocycles. The lowest BCUT2D eigenvalue weighted by molar-refractivity contribution is -0.188. The van der Waals surface area contributed by atoms with Crippen molar-refractivity contribution in [3.8, 4) is 5.75 Å². The first-order chi connectivity index (χ1) is 14.8. The Hall–Kier alpha value is -2.55. The van der Waals surface area contributed by atoms with Crippen molar-refractivity contribution >= 4 is 5.78 Å². The third kappa shape index (κ3) is 7.25. The third-order valence-electron chi connectivity index (χ3n) is 5.06. The van der Waals surface area contributed by atoms with Gasteiger partial charge < -0.3 is 10.5 Å². The van der Waals surface area contributed by atoms with Crippen molar-refractivity contribution in [3.05, 3.63) is 65.2 Å². The van der Waals surface area contributed by atoms with Gasteiger partial charge in [0.1, 0.15) is 11.3 Å². The zero-order chi connectivity index (χ0) is 24.0. The number of ketones is 1. The average Bonchev–Trinajstić information content (AvgIpc) is 2.69. The summed E-state index contributed by atoms with van der Waals surface area (Å²) >= 11 is 0. The zero-order valence-corrected chi connectivity index (χ0v) is 17.5. The summed E-state index contributed by atoms with van der Waals surface area (Å²) in [6.07, 6.45) is -10.2. The lowest BCUT2D eigenvalue weighted by atomic mass is 9.83. The van der Waals surface area contributed by atoms with Crippen LogP contribution in [0.4, 0.5) is 26.3 Å². The Morgan fingerprint density at radius 3 is 2.00 bits per heavy atom. The molecule has 2 N–H and O–H groups in total. The molecule has 0 radical (unpaired) electrons. The van der Waals surface area contributed by atoms with Gasteiger partial charge in [-0.15, -0.1) is 0 Å². The summed E-state index contributed by atoms with van der Waals surface area (Å²) in [5, 5.41) is 0. The Bertz CT molecular complexity index is 875. The van der Waals surface area contributed by atoms with E-state index in [-0.39, 0.29) is 29.9 Å². The maximum atomic E-state index is 13.8. The van der Waals surface area contributed by atoms with Crippen LogP contribution in [0.1, 0.15) is 53.6 Å². The van der Waals surface area contributed by atoms with Crippen LogP contribution in [-0.4, -0.2) is 24.7 Å². The first-order valence-electron chi connectivity index (χ1n) is 10.1. The quantitative estimate of drug-likeness (QED) is 0.250. The van der Waals surface area contributed by atoms with E-state index in [0.29, 0.717) is 12.8 Å². The Morgan fingerprint density at radius 2 is 1.47 bits per heavy atom. The number of carbonyl (C=O) groups is 1. The number of Topliss-reactive ketones (excluding diaryl/α,β-unsaturated/α-hetero) is 1. The van der Waals surface area contributed by atoms with Crippen molar-refractivity contribution in [2.24, 2.45) is 5.73 Å². The molecule has 0 bridgehead atoms. The van der Waals surface area contributed by atoms with E-state index in [9.17, 15) is 31.1 Å². The minimum absolute atomic E-state index is 0.0118. The molecule has 0 fully saturated rings. The summed E-state index contributed by atoms with van der Waals surface area (Å²) in [4.78, 5) is 12.5. The van der Waals surface area contributed by atoms with Gasteiger partial charge in [0.15, 0.2) is 5.78 Å². The van der Waals surface area contributed by atoms with Crippen molar-refractivity contribution in [3.63, 3.8) is 0 Å². The predicted octanol–water partition coefficient (Wildman–Crippen LogP) is 6.49. The highest BCUT2D eigenvalue weighted by Gasteiger charge is 2.54. The van der Waals surface area contributed by atoms with Gasteiger partial charge in [-0.3, -0.25) is 4.79 Å². The number of carbonyl (C=O) groups excluding carboxylic acids is 1. The van der Waals surface area contributed by atoms with E-state index >= 15 is 0 Å². The third-order valence-corrected chi connectivity index (χ3v) is 5.06. The van der Waals surface area contributed by atoms with Crippen LogP contribution < -0.4 is 10.5 Å². The largest absolute Gasteiger partial charge is 0.494 e. The van der Waals surface area contributed by atoms with E-state index in [1.807, 2.05) is 0 Å². The number of unbranched alkanes of at least 4 members (excludes halogenated alkanes) is 2. The molecule has 2 aromatic rings. The second kappa shape index (κ2) is 10.4. The first-order valence-corrected chi connectivity index (χ1v) is 10.1. The Labute approximate surface area is 182 Å². The highest BCUT2D eigenvalue weighted by atomic mass is 19.4. The van der Waals surface area contributed by atoms with Gasteiger partial charge in [0.25, 0.3) is 0 Å². The van der Waals surface area contributed by atoms with Crippen LogP contribution in [0.5, 0.6) is 5.75 Å². The summed E-state index contributed by atoms with van der Waals surface area (Å²) in [5.74, 6) is -0.469. The van der Waals surface area contributed by atoms with E-state index < -0.39 is 36.5 Å². The number of aryl methyl sites for hydroxylation is 1. The highest BCUT2D eigenvalue weighted by Crippen LogP contribution is 2.40. The molecule has 0 aromatic heterocycles. The van der Waals surface area contributed by atoms with Gasteiger partial charge in [0.05, 0.1) is 6.61 Å². The van der Waals surface area contributed by atoms with Gasteiger partial charge >= 0.3 is 12.4 Å². The smallest absolute Gasteiger partial charge is 0.411 e. The summed E-state index contributed by atoms with van der Waals surface area (Å²) in [6, 6.07) is 11.1. The minimum Gasteiger partial charge on any atom is -0.494 e. The van der Waals surface area contributed by atoms with Crippen LogP contribution >= 0.6 is 0 Å². The molecule has 2 aromatic carbocycles. The summed E-state index contributed by atoms with van der Waals surface area (Å²) in [5.41, 5.74) is 3.56. The molecule has 3 nitrogen and oxygen atoms in total. The van der Waals surface area contributed by atoms with Crippen LogP contribution in [0.25, 0.3) is 0 Å². The predicted molar refractivity (Wildman–Crippen MR) is 109 cm³/mol. The molecule has 0 saturated heterocycles. The molecule has 0 aliphatic rings. The summed E-state index contributed by atoms with van der Waals surface area (Å²) in [6.45, 7) is 1.93. The molecule has 1 unspecified atom stereocenters. The minimum atomic E-state index is -4.88. The summed E-state index contributed by atoms with van der Waals surface area (Å²) in [7, 11) is 0. The topological polar surface area (TPSA) is 52.3 Å². The van der Waals surface area contributed by atoms with Crippen molar-refractivity contribution in [1.29, 1.82) is 0 Å². The van der Waals surface area contributed by atoms with E-state index in [2.05, 4.69) is 0 Å². The Balaban J connectivity index is 2.02. The fraction of sp³-hybridized carbons (Fsp3) is 0.435. The second-order valence-electron chi connectivity index (χ2n) is 7.73. The molecule has 32 heavy (non-hydrogen) atoms. The fourth-order valence-corrected chi connectivity index (χ4v) is 3.10. The van der Waals surface area contributed by atoms with E-state index in [0.717, 1.165) is 17.7 Å². The Morgan fingerprint density at radius 1 is 0.875 bits per heavy atom. The molecular weight excluding hydrogens is 436 g/mol. The second-order valence-corrected chi connectivity index (χ2v) is 7.73. The lowest BCUT2D eigenvalue weighted by Gasteiger charge is -2.32. The molecule has 2 rings (SSSR count). The van der Waals surface area contributed by atoms with E-state index in [1.54, 1.807) is 19.1 Å². The molecule has 0 spiro atoms. The normalized spacial score (nSPS) is 14.1. The molecule has 176 valence electrons. The van der Waals surface area contributed by atoms with E-state index in [1.165, 1.54) is 24.3 Å². The number of hydrogen-bond donors (Lipinski definition) is 1. The zero-order valence-electron chi connectivity index (χ0n) is 17.5. The number of nitrogens with two attached hydrogens (primary N) is 1. The molecule has 0 heterocycles. The highest BCUT2D eigenvalue weighted by molar-refractivity contribution is 5.97. The van der Waals surface area contributed by atoms with Crippen LogP contribution in [0, 0.1) is 6.92 Å². The lowest BCUT2D eigenvalue weighted by Crippen LogP contribution is -2.51. The molecule has 0 amide bonds. The van der Waals surface area contributed by atoms with Crippen molar-refractivity contribution in [1.82, 2.24) is 0 Å². The SMILES string of the molecule is Cc1ccc(C(=O)CC(N)(c2ccc(OCCCCCC(F)(F)F)cc2)C(F)(F)F)cc1. The Kier molecular flexibility index (Phi) is 8.34. The number of hydrogen-bond acceptors (Lipinski definition) is 3. The van der Waals surface area contributed by atoms with Crippen LogP contribution in [0.15, 0.2) is 48.5 Å². The molecule has 9 heteroatoms. The van der Waals surface area contributed by atoms with Crippen LogP contribution in [0.3, 0.4) is 0 Å². The monoisotopic (exact) mass is 461 g/mol. The first kappa shape index (κ1) is 25.7. The van der Waals surface area contributed by atoms with Crippen LogP contribution in [-0.2, 0) is 5.54 Å². The fourth-order valence-electron chi connectivity index (χ4n) is 3.10. The van der Waals surface area contributed by atoms with Crippen molar-refractivity contribution in [2.45, 2.75) is 56.9 Å². The average molecular weight is 461 g/mol. The number of benzene rings is 2. The molecule has 1 atom stereocenters. The van der Waals surface area contributed by atoms with Crippen LogP contribution in [0.2, 0.25) is 0 Å². The molecule has 0 aliphatic heterocycles. The van der Waals surface area contributed by atoms with Crippen molar-refractivity contribution in [2.75, 3.05) is 6.61 Å². The van der Waals surface area contributed by atoms with Gasteiger partial charge in [-0.25, -0.2) is 0 Å². The van der Waals surface area contributed by atoms with Gasteiger partial charge in [0, 0.05) is 18.4 Å². The number of rotatable bonds is 10. The molecule has 0 aliphatic carbocycles.